The Morgan fingerprint density at radius 1 is 1.21 bits per heavy atom. The molecule has 0 aromatic heterocycles. The Bertz CT molecular complexity index is 695. The standard InChI is InChI=1S/C17H21BF2N2O2/c1-16(2)17(3,4)24-18(23-16)13(10-22-5)6-11-7-14(19)15(20)8-12(11)9-21/h6-8,22H,10H2,1-5H3. The average Bonchev–Trinajstić information content (AvgIpc) is 2.70. The fraction of sp³-hybridized carbons (Fsp3) is 0.471. The molecule has 128 valence electrons. The van der Waals surface area contributed by atoms with Gasteiger partial charge in [0.2, 0.25) is 0 Å². The van der Waals surface area contributed by atoms with Crippen molar-refractivity contribution in [2.24, 2.45) is 0 Å². The zero-order valence-electron chi connectivity index (χ0n) is 14.5. The molecule has 1 aromatic carbocycles. The van der Waals surface area contributed by atoms with E-state index in [9.17, 15) is 8.78 Å². The van der Waals surface area contributed by atoms with Gasteiger partial charge in [-0.25, -0.2) is 8.78 Å². The normalized spacial score (nSPS) is 19.4. The number of benzene rings is 1. The molecule has 0 aliphatic carbocycles. The van der Waals surface area contributed by atoms with Gasteiger partial charge in [-0.3, -0.25) is 0 Å². The van der Waals surface area contributed by atoms with Crippen LogP contribution in [-0.2, 0) is 9.31 Å². The predicted octanol–water partition coefficient (Wildman–Crippen LogP) is 3.07. The van der Waals surface area contributed by atoms with Crippen molar-refractivity contribution < 1.29 is 18.1 Å². The average molecular weight is 334 g/mol. The van der Waals surface area contributed by atoms with Gasteiger partial charge in [0.1, 0.15) is 0 Å². The molecule has 0 radical (unpaired) electrons. The molecule has 1 aliphatic heterocycles. The van der Waals surface area contributed by atoms with E-state index < -0.39 is 30.0 Å². The summed E-state index contributed by atoms with van der Waals surface area (Å²) < 4.78 is 38.9. The fourth-order valence-corrected chi connectivity index (χ4v) is 2.38. The maximum atomic E-state index is 13.6. The van der Waals surface area contributed by atoms with Crippen molar-refractivity contribution in [2.45, 2.75) is 38.9 Å². The SMILES string of the molecule is CNCC(=Cc1cc(F)c(F)cc1C#N)B1OC(C)(C)C(C)(C)O1. The van der Waals surface area contributed by atoms with E-state index in [1.165, 1.54) is 0 Å². The molecule has 0 spiro atoms. The molecule has 2 rings (SSSR count). The molecular formula is C17H21BF2N2O2. The van der Waals surface area contributed by atoms with Gasteiger partial charge in [-0.2, -0.15) is 5.26 Å². The molecule has 24 heavy (non-hydrogen) atoms. The smallest absolute Gasteiger partial charge is 0.400 e. The number of nitrogens with zero attached hydrogens (tertiary/aromatic N) is 1. The Morgan fingerprint density at radius 2 is 1.75 bits per heavy atom. The van der Waals surface area contributed by atoms with E-state index >= 15 is 0 Å². The van der Waals surface area contributed by atoms with Crippen LogP contribution in [0.25, 0.3) is 6.08 Å². The summed E-state index contributed by atoms with van der Waals surface area (Å²) in [6, 6.07) is 3.78. The van der Waals surface area contributed by atoms with Crippen LogP contribution in [0.2, 0.25) is 0 Å². The summed E-state index contributed by atoms with van der Waals surface area (Å²) in [4.78, 5) is 0. The van der Waals surface area contributed by atoms with Gasteiger partial charge in [0.05, 0.1) is 22.8 Å². The van der Waals surface area contributed by atoms with Crippen molar-refractivity contribution in [1.29, 1.82) is 5.26 Å². The summed E-state index contributed by atoms with van der Waals surface area (Å²) in [5.74, 6) is -2.05. The number of likely N-dealkylation sites (N-methyl/N-ethyl adjacent to an activating group) is 1. The molecule has 0 unspecified atom stereocenters. The van der Waals surface area contributed by atoms with Crippen molar-refractivity contribution in [3.05, 3.63) is 40.4 Å². The third-order valence-electron chi connectivity index (χ3n) is 4.49. The lowest BCUT2D eigenvalue weighted by atomic mass is 9.76. The van der Waals surface area contributed by atoms with Crippen LogP contribution < -0.4 is 5.32 Å². The maximum Gasteiger partial charge on any atom is 0.491 e. The van der Waals surface area contributed by atoms with E-state index in [0.717, 1.165) is 12.1 Å². The Hall–Kier alpha value is -1.75. The summed E-state index contributed by atoms with van der Waals surface area (Å²) >= 11 is 0. The minimum Gasteiger partial charge on any atom is -0.400 e. The number of hydrogen-bond acceptors (Lipinski definition) is 4. The van der Waals surface area contributed by atoms with Crippen molar-refractivity contribution >= 4 is 13.2 Å². The minimum atomic E-state index is -1.05. The second kappa shape index (κ2) is 6.63. The molecule has 1 saturated heterocycles. The maximum absolute atomic E-state index is 13.6. The molecule has 0 amide bonds. The van der Waals surface area contributed by atoms with Crippen molar-refractivity contribution in [3.8, 4) is 6.07 Å². The molecule has 1 heterocycles. The van der Waals surface area contributed by atoms with Gasteiger partial charge in [0.15, 0.2) is 11.6 Å². The second-order valence-corrected chi connectivity index (χ2v) is 6.80. The van der Waals surface area contributed by atoms with Gasteiger partial charge in [-0.1, -0.05) is 6.08 Å². The number of nitriles is 1. The molecule has 4 nitrogen and oxygen atoms in total. The molecule has 1 aromatic rings. The third-order valence-corrected chi connectivity index (χ3v) is 4.49. The highest BCUT2D eigenvalue weighted by atomic mass is 19.2. The van der Waals surface area contributed by atoms with Crippen LogP contribution in [0.3, 0.4) is 0 Å². The van der Waals surface area contributed by atoms with Crippen molar-refractivity contribution in [2.75, 3.05) is 13.6 Å². The van der Waals surface area contributed by atoms with Crippen LogP contribution in [0.5, 0.6) is 0 Å². The molecule has 7 heteroatoms. The highest BCUT2D eigenvalue weighted by Gasteiger charge is 2.52. The predicted molar refractivity (Wildman–Crippen MR) is 89.1 cm³/mol. The number of halogens is 2. The van der Waals surface area contributed by atoms with Crippen LogP contribution in [-0.4, -0.2) is 31.9 Å². The van der Waals surface area contributed by atoms with Crippen LogP contribution in [0.1, 0.15) is 38.8 Å². The molecular weight excluding hydrogens is 313 g/mol. The Balaban J connectivity index is 2.44. The van der Waals surface area contributed by atoms with Gasteiger partial charge in [0.25, 0.3) is 0 Å². The first-order valence-electron chi connectivity index (χ1n) is 7.71. The first kappa shape index (κ1) is 18.6. The highest BCUT2D eigenvalue weighted by molar-refractivity contribution is 6.56. The molecule has 1 N–H and O–H groups in total. The van der Waals surface area contributed by atoms with E-state index in [2.05, 4.69) is 5.32 Å². The number of hydrogen-bond donors (Lipinski definition) is 1. The van der Waals surface area contributed by atoms with Crippen molar-refractivity contribution in [1.82, 2.24) is 5.32 Å². The molecule has 0 saturated carbocycles. The van der Waals surface area contributed by atoms with E-state index in [1.54, 1.807) is 13.1 Å². The second-order valence-electron chi connectivity index (χ2n) is 6.80. The Kier molecular flexibility index (Phi) is 5.14. The zero-order chi connectivity index (χ0) is 18.1. The summed E-state index contributed by atoms with van der Waals surface area (Å²) in [7, 11) is 1.12. The van der Waals surface area contributed by atoms with Gasteiger partial charge in [0, 0.05) is 6.54 Å². The number of nitrogens with one attached hydrogen (secondary N) is 1. The quantitative estimate of drug-likeness (QED) is 0.860. The molecule has 1 fully saturated rings. The highest BCUT2D eigenvalue weighted by Crippen LogP contribution is 2.38. The first-order valence-corrected chi connectivity index (χ1v) is 7.71. The summed E-state index contributed by atoms with van der Waals surface area (Å²) in [6.07, 6.45) is 1.61. The zero-order valence-corrected chi connectivity index (χ0v) is 14.5. The van der Waals surface area contributed by atoms with Gasteiger partial charge < -0.3 is 14.6 Å². The van der Waals surface area contributed by atoms with Gasteiger partial charge in [-0.05, 0) is 57.9 Å². The third kappa shape index (κ3) is 3.51. The van der Waals surface area contributed by atoms with E-state index in [4.69, 9.17) is 14.6 Å². The Labute approximate surface area is 141 Å². The summed E-state index contributed by atoms with van der Waals surface area (Å²) in [6.45, 7) is 8.15. The van der Waals surface area contributed by atoms with Crippen LogP contribution in [0.15, 0.2) is 17.6 Å². The summed E-state index contributed by atoms with van der Waals surface area (Å²) in [5, 5.41) is 12.2. The van der Waals surface area contributed by atoms with Gasteiger partial charge >= 0.3 is 7.12 Å². The van der Waals surface area contributed by atoms with E-state index in [0.29, 0.717) is 12.0 Å². The van der Waals surface area contributed by atoms with Crippen LogP contribution >= 0.6 is 0 Å². The lowest BCUT2D eigenvalue weighted by Crippen LogP contribution is -2.41. The fourth-order valence-electron chi connectivity index (χ4n) is 2.38. The van der Waals surface area contributed by atoms with Crippen molar-refractivity contribution in [3.63, 3.8) is 0 Å². The summed E-state index contributed by atoms with van der Waals surface area (Å²) in [5.41, 5.74) is 0.00163. The van der Waals surface area contributed by atoms with E-state index in [-0.39, 0.29) is 11.1 Å². The van der Waals surface area contributed by atoms with E-state index in [1.807, 2.05) is 33.8 Å². The molecule has 1 aliphatic rings. The monoisotopic (exact) mass is 334 g/mol. The molecule has 0 atom stereocenters. The van der Waals surface area contributed by atoms with Gasteiger partial charge in [-0.15, -0.1) is 0 Å². The van der Waals surface area contributed by atoms with Crippen LogP contribution in [0.4, 0.5) is 8.78 Å². The topological polar surface area (TPSA) is 54.3 Å². The first-order chi connectivity index (χ1) is 11.1. The minimum absolute atomic E-state index is 0.0546. The Morgan fingerprint density at radius 3 is 2.25 bits per heavy atom. The molecule has 0 bridgehead atoms. The number of rotatable bonds is 4. The largest absolute Gasteiger partial charge is 0.491 e. The lowest BCUT2D eigenvalue weighted by molar-refractivity contribution is 0.00578. The lowest BCUT2D eigenvalue weighted by Gasteiger charge is -2.32. The van der Waals surface area contributed by atoms with Crippen LogP contribution in [0, 0.1) is 23.0 Å².